The number of fused-ring (bicyclic) bond motifs is 1. The van der Waals surface area contributed by atoms with E-state index in [2.05, 4.69) is 15.4 Å². The van der Waals surface area contributed by atoms with Crippen LogP contribution in [0.4, 0.5) is 5.13 Å². The van der Waals surface area contributed by atoms with Crippen LogP contribution in [0.5, 0.6) is 0 Å². The Bertz CT molecular complexity index is 619. The van der Waals surface area contributed by atoms with Crippen molar-refractivity contribution in [1.29, 1.82) is 0 Å². The number of aromatic nitrogens is 3. The van der Waals surface area contributed by atoms with Gasteiger partial charge in [-0.3, -0.25) is 0 Å². The average molecular weight is 262 g/mol. The molecule has 3 heterocycles. The van der Waals surface area contributed by atoms with Crippen LogP contribution >= 0.6 is 11.3 Å². The van der Waals surface area contributed by atoms with Crippen molar-refractivity contribution in [2.45, 2.75) is 13.3 Å². The first kappa shape index (κ1) is 11.3. The van der Waals surface area contributed by atoms with E-state index in [0.29, 0.717) is 0 Å². The molecular formula is C12H14N4OS. The first-order valence-electron chi connectivity index (χ1n) is 5.80. The Balaban J connectivity index is 1.69. The molecule has 3 aromatic rings. The van der Waals surface area contributed by atoms with Crippen molar-refractivity contribution in [1.82, 2.24) is 14.8 Å². The number of hydrogen-bond acceptors (Lipinski definition) is 5. The summed E-state index contributed by atoms with van der Waals surface area (Å²) in [7, 11) is 1.92. The van der Waals surface area contributed by atoms with Gasteiger partial charge >= 0.3 is 0 Å². The molecule has 0 aliphatic carbocycles. The van der Waals surface area contributed by atoms with Crippen LogP contribution in [0.2, 0.25) is 0 Å². The molecule has 0 radical (unpaired) electrons. The Labute approximate surface area is 108 Å². The van der Waals surface area contributed by atoms with Crippen LogP contribution in [0, 0.1) is 6.92 Å². The Morgan fingerprint density at radius 1 is 1.50 bits per heavy atom. The lowest BCUT2D eigenvalue weighted by Gasteiger charge is -1.99. The first-order chi connectivity index (χ1) is 8.74. The maximum atomic E-state index is 5.28. The van der Waals surface area contributed by atoms with E-state index in [9.17, 15) is 0 Å². The maximum absolute atomic E-state index is 5.28. The zero-order valence-electron chi connectivity index (χ0n) is 10.3. The zero-order chi connectivity index (χ0) is 12.5. The van der Waals surface area contributed by atoms with E-state index in [-0.39, 0.29) is 0 Å². The van der Waals surface area contributed by atoms with E-state index in [0.717, 1.165) is 39.9 Å². The predicted octanol–water partition coefficient (Wildman–Crippen LogP) is 2.59. The second-order valence-corrected chi connectivity index (χ2v) is 5.14. The third-order valence-electron chi connectivity index (χ3n) is 2.77. The molecular weight excluding hydrogens is 248 g/mol. The second-order valence-electron chi connectivity index (χ2n) is 4.14. The van der Waals surface area contributed by atoms with Crippen LogP contribution in [-0.2, 0) is 13.5 Å². The number of thiazole rings is 1. The second kappa shape index (κ2) is 4.45. The molecule has 0 amide bonds. The van der Waals surface area contributed by atoms with Gasteiger partial charge in [-0.05, 0) is 19.1 Å². The molecule has 3 rings (SSSR count). The quantitative estimate of drug-likeness (QED) is 0.785. The summed E-state index contributed by atoms with van der Waals surface area (Å²) in [5, 5.41) is 8.59. The van der Waals surface area contributed by atoms with Crippen molar-refractivity contribution in [2.24, 2.45) is 7.05 Å². The molecule has 94 valence electrons. The minimum absolute atomic E-state index is 0.819. The molecule has 6 heteroatoms. The van der Waals surface area contributed by atoms with E-state index >= 15 is 0 Å². The van der Waals surface area contributed by atoms with Crippen LogP contribution in [-0.4, -0.2) is 21.3 Å². The summed E-state index contributed by atoms with van der Waals surface area (Å²) in [5.74, 6) is 0.987. The number of hydrogen-bond donors (Lipinski definition) is 1. The Kier molecular flexibility index (Phi) is 2.79. The molecule has 0 aliphatic heterocycles. The molecule has 0 aromatic carbocycles. The SMILES string of the molecule is Cc1nn(C)c2nc(NCCc3ccco3)sc12. The lowest BCUT2D eigenvalue weighted by molar-refractivity contribution is 0.513. The van der Waals surface area contributed by atoms with Gasteiger partial charge in [0.25, 0.3) is 0 Å². The fourth-order valence-corrected chi connectivity index (χ4v) is 2.87. The maximum Gasteiger partial charge on any atom is 0.185 e. The summed E-state index contributed by atoms with van der Waals surface area (Å²) < 4.78 is 8.25. The third kappa shape index (κ3) is 1.99. The number of aryl methyl sites for hydroxylation is 2. The molecule has 5 nitrogen and oxygen atoms in total. The summed E-state index contributed by atoms with van der Waals surface area (Å²) in [4.78, 5) is 4.53. The van der Waals surface area contributed by atoms with Crippen LogP contribution in [0.3, 0.4) is 0 Å². The predicted molar refractivity (Wildman–Crippen MR) is 72.0 cm³/mol. The molecule has 0 unspecified atom stereocenters. The average Bonchev–Trinajstić information content (AvgIpc) is 3.01. The molecule has 0 bridgehead atoms. The van der Waals surface area contributed by atoms with Gasteiger partial charge in [0.15, 0.2) is 10.8 Å². The van der Waals surface area contributed by atoms with Gasteiger partial charge in [0.05, 0.1) is 16.7 Å². The smallest absolute Gasteiger partial charge is 0.185 e. The van der Waals surface area contributed by atoms with Crippen molar-refractivity contribution in [3.05, 3.63) is 29.9 Å². The van der Waals surface area contributed by atoms with Crippen LogP contribution in [0.25, 0.3) is 10.3 Å². The van der Waals surface area contributed by atoms with E-state index in [4.69, 9.17) is 4.42 Å². The fraction of sp³-hybridized carbons (Fsp3) is 0.333. The number of nitrogens with zero attached hydrogens (tertiary/aromatic N) is 3. The largest absolute Gasteiger partial charge is 0.469 e. The van der Waals surface area contributed by atoms with Gasteiger partial charge in [0, 0.05) is 20.0 Å². The van der Waals surface area contributed by atoms with Crippen molar-refractivity contribution in [3.63, 3.8) is 0 Å². The van der Waals surface area contributed by atoms with E-state index in [1.807, 2.05) is 30.8 Å². The Hall–Kier alpha value is -1.82. The van der Waals surface area contributed by atoms with Crippen LogP contribution in [0.15, 0.2) is 22.8 Å². The van der Waals surface area contributed by atoms with Crippen LogP contribution in [0.1, 0.15) is 11.5 Å². The van der Waals surface area contributed by atoms with Gasteiger partial charge in [0.1, 0.15) is 5.76 Å². The molecule has 1 N–H and O–H groups in total. The van der Waals surface area contributed by atoms with Crippen molar-refractivity contribution in [2.75, 3.05) is 11.9 Å². The summed E-state index contributed by atoms with van der Waals surface area (Å²) in [5.41, 5.74) is 1.97. The summed E-state index contributed by atoms with van der Waals surface area (Å²) in [6.45, 7) is 2.83. The number of rotatable bonds is 4. The highest BCUT2D eigenvalue weighted by molar-refractivity contribution is 7.22. The lowest BCUT2D eigenvalue weighted by atomic mass is 10.3. The Morgan fingerprint density at radius 3 is 3.11 bits per heavy atom. The summed E-state index contributed by atoms with van der Waals surface area (Å²) in [6.07, 6.45) is 2.56. The zero-order valence-corrected chi connectivity index (χ0v) is 11.1. The fourth-order valence-electron chi connectivity index (χ4n) is 1.91. The molecule has 0 fully saturated rings. The molecule has 0 saturated carbocycles. The molecule has 0 atom stereocenters. The number of anilines is 1. The monoisotopic (exact) mass is 262 g/mol. The summed E-state index contributed by atoms with van der Waals surface area (Å²) in [6, 6.07) is 3.89. The highest BCUT2D eigenvalue weighted by Crippen LogP contribution is 2.27. The molecule has 0 aliphatic rings. The molecule has 0 saturated heterocycles. The van der Waals surface area contributed by atoms with Gasteiger partial charge in [-0.25, -0.2) is 9.67 Å². The lowest BCUT2D eigenvalue weighted by Crippen LogP contribution is -2.04. The summed E-state index contributed by atoms with van der Waals surface area (Å²) >= 11 is 1.65. The van der Waals surface area contributed by atoms with E-state index in [1.54, 1.807) is 17.6 Å². The van der Waals surface area contributed by atoms with Gasteiger partial charge in [-0.2, -0.15) is 5.10 Å². The minimum Gasteiger partial charge on any atom is -0.469 e. The topological polar surface area (TPSA) is 55.9 Å². The minimum atomic E-state index is 0.819. The van der Waals surface area contributed by atoms with Gasteiger partial charge in [0.2, 0.25) is 0 Å². The molecule has 18 heavy (non-hydrogen) atoms. The van der Waals surface area contributed by atoms with E-state index < -0.39 is 0 Å². The Morgan fingerprint density at radius 2 is 2.39 bits per heavy atom. The standard InChI is InChI=1S/C12H14N4OS/c1-8-10-11(16(2)15-8)14-12(18-10)13-6-5-9-4-3-7-17-9/h3-4,7H,5-6H2,1-2H3,(H,13,14). The number of nitrogens with one attached hydrogen (secondary N) is 1. The first-order valence-corrected chi connectivity index (χ1v) is 6.62. The molecule has 3 aromatic heterocycles. The van der Waals surface area contributed by atoms with Crippen LogP contribution < -0.4 is 5.32 Å². The highest BCUT2D eigenvalue weighted by atomic mass is 32.1. The van der Waals surface area contributed by atoms with Gasteiger partial charge < -0.3 is 9.73 Å². The third-order valence-corrected chi connectivity index (χ3v) is 3.88. The molecule has 0 spiro atoms. The number of furan rings is 1. The highest BCUT2D eigenvalue weighted by Gasteiger charge is 2.11. The van der Waals surface area contributed by atoms with Crippen molar-refractivity contribution < 1.29 is 4.42 Å². The van der Waals surface area contributed by atoms with Crippen molar-refractivity contribution in [3.8, 4) is 0 Å². The van der Waals surface area contributed by atoms with Gasteiger partial charge in [-0.1, -0.05) is 11.3 Å². The normalized spacial score (nSPS) is 11.2. The van der Waals surface area contributed by atoms with Crippen molar-refractivity contribution >= 4 is 26.8 Å². The van der Waals surface area contributed by atoms with E-state index in [1.165, 1.54) is 0 Å². The van der Waals surface area contributed by atoms with Gasteiger partial charge in [-0.15, -0.1) is 0 Å².